The largest absolute Gasteiger partial charge is 0.482 e. The Morgan fingerprint density at radius 1 is 1.45 bits per heavy atom. The van der Waals surface area contributed by atoms with E-state index in [0.29, 0.717) is 5.92 Å². The number of ether oxygens (including phenoxy) is 2. The summed E-state index contributed by atoms with van der Waals surface area (Å²) in [4.78, 5) is 0. The van der Waals surface area contributed by atoms with E-state index in [1.165, 1.54) is 5.56 Å². The van der Waals surface area contributed by atoms with Crippen LogP contribution in [0.1, 0.15) is 25.3 Å². The zero-order valence-corrected chi connectivity index (χ0v) is 12.7. The summed E-state index contributed by atoms with van der Waals surface area (Å²) >= 11 is 5.93. The van der Waals surface area contributed by atoms with Gasteiger partial charge in [0.2, 0.25) is 5.90 Å². The average molecular weight is 294 g/mol. The van der Waals surface area contributed by atoms with Crippen molar-refractivity contribution in [3.63, 3.8) is 0 Å². The van der Waals surface area contributed by atoms with Crippen LogP contribution >= 0.6 is 11.6 Å². The molecule has 0 unspecified atom stereocenters. The lowest BCUT2D eigenvalue weighted by atomic mass is 9.67. The lowest BCUT2D eigenvalue weighted by Crippen LogP contribution is -2.66. The molecule has 108 valence electrons. The van der Waals surface area contributed by atoms with Gasteiger partial charge in [0.15, 0.2) is 5.60 Å². The molecule has 0 aromatic heterocycles. The molecule has 0 bridgehead atoms. The van der Waals surface area contributed by atoms with Crippen LogP contribution in [0.25, 0.3) is 0 Å². The van der Waals surface area contributed by atoms with Crippen LogP contribution < -0.4 is 0 Å². The van der Waals surface area contributed by atoms with Gasteiger partial charge in [-0.25, -0.2) is 0 Å². The highest BCUT2D eigenvalue weighted by Crippen LogP contribution is 2.60. The lowest BCUT2D eigenvalue weighted by molar-refractivity contribution is -0.224. The van der Waals surface area contributed by atoms with Crippen LogP contribution in [0.3, 0.4) is 0 Å². The van der Waals surface area contributed by atoms with Gasteiger partial charge in [-0.1, -0.05) is 30.7 Å². The Morgan fingerprint density at radius 3 is 2.70 bits per heavy atom. The minimum atomic E-state index is -0.526. The van der Waals surface area contributed by atoms with Crippen molar-refractivity contribution in [1.29, 1.82) is 5.41 Å². The van der Waals surface area contributed by atoms with Crippen molar-refractivity contribution in [2.45, 2.75) is 31.8 Å². The fraction of sp³-hybridized carbons (Fsp3) is 0.562. The van der Waals surface area contributed by atoms with Crippen LogP contribution in [0.2, 0.25) is 5.02 Å². The van der Waals surface area contributed by atoms with Crippen LogP contribution in [0, 0.1) is 16.7 Å². The maximum atomic E-state index is 8.20. The topological polar surface area (TPSA) is 42.3 Å². The zero-order valence-electron chi connectivity index (χ0n) is 11.9. The predicted molar refractivity (Wildman–Crippen MR) is 79.4 cm³/mol. The van der Waals surface area contributed by atoms with Gasteiger partial charge in [-0.2, -0.15) is 0 Å². The third kappa shape index (κ3) is 1.80. The van der Waals surface area contributed by atoms with Crippen molar-refractivity contribution in [3.8, 4) is 0 Å². The molecular weight excluding hydrogens is 274 g/mol. The maximum Gasteiger partial charge on any atom is 0.214 e. The van der Waals surface area contributed by atoms with E-state index >= 15 is 0 Å². The first-order valence-corrected chi connectivity index (χ1v) is 7.41. The quantitative estimate of drug-likeness (QED) is 0.682. The number of methoxy groups -OCH3 is 1. The maximum absolute atomic E-state index is 8.20. The molecule has 3 rings (SSSR count). The fourth-order valence-corrected chi connectivity index (χ4v) is 3.99. The highest BCUT2D eigenvalue weighted by atomic mass is 35.5. The van der Waals surface area contributed by atoms with Gasteiger partial charge in [-0.15, -0.1) is 0 Å². The van der Waals surface area contributed by atoms with Gasteiger partial charge in [-0.3, -0.25) is 5.41 Å². The van der Waals surface area contributed by atoms with E-state index < -0.39 is 5.60 Å². The van der Waals surface area contributed by atoms with E-state index in [4.69, 9.17) is 26.5 Å². The third-order valence-corrected chi connectivity index (χ3v) is 5.32. The molecule has 1 saturated heterocycles. The molecule has 1 heterocycles. The number of nitrogens with one attached hydrogen (secondary N) is 1. The summed E-state index contributed by atoms with van der Waals surface area (Å²) in [6.07, 6.45) is 3.07. The Kier molecular flexibility index (Phi) is 3.30. The lowest BCUT2D eigenvalue weighted by Gasteiger charge is -2.54. The van der Waals surface area contributed by atoms with Gasteiger partial charge >= 0.3 is 0 Å². The molecule has 0 amide bonds. The second-order valence-electron chi connectivity index (χ2n) is 6.18. The van der Waals surface area contributed by atoms with Crippen LogP contribution in [0.5, 0.6) is 0 Å². The van der Waals surface area contributed by atoms with E-state index in [-0.39, 0.29) is 11.3 Å². The number of hydrogen-bond donors (Lipinski definition) is 1. The first-order chi connectivity index (χ1) is 9.52. The van der Waals surface area contributed by atoms with Crippen molar-refractivity contribution >= 4 is 17.5 Å². The molecule has 3 atom stereocenters. The van der Waals surface area contributed by atoms with Gasteiger partial charge in [0.05, 0.1) is 13.7 Å². The van der Waals surface area contributed by atoms with Crippen molar-refractivity contribution < 1.29 is 9.47 Å². The zero-order chi connectivity index (χ0) is 14.4. The summed E-state index contributed by atoms with van der Waals surface area (Å²) in [5, 5.41) is 8.95. The standard InChI is InChI=1S/C16H20ClNO2/c1-15-8-7-12(9-11-3-5-13(17)6-4-11)16(15,20-10-15)14(18)19-2/h3-6,12,18H,7-10H2,1-2H3/t12-,15+,16-/m1/s1. The van der Waals surface area contributed by atoms with Crippen molar-refractivity contribution in [1.82, 2.24) is 0 Å². The summed E-state index contributed by atoms with van der Waals surface area (Å²) in [7, 11) is 1.57. The van der Waals surface area contributed by atoms with Gasteiger partial charge < -0.3 is 9.47 Å². The highest BCUT2D eigenvalue weighted by molar-refractivity contribution is 6.30. The summed E-state index contributed by atoms with van der Waals surface area (Å²) in [5.41, 5.74) is 0.765. The normalized spacial score (nSPS) is 35.2. The van der Waals surface area contributed by atoms with Crippen LogP contribution in [-0.2, 0) is 15.9 Å². The molecule has 2 aliphatic rings. The van der Waals surface area contributed by atoms with E-state index in [1.54, 1.807) is 7.11 Å². The molecule has 1 aliphatic heterocycles. The van der Waals surface area contributed by atoms with Crippen LogP contribution in [0.4, 0.5) is 0 Å². The van der Waals surface area contributed by atoms with Crippen molar-refractivity contribution in [2.24, 2.45) is 11.3 Å². The summed E-state index contributed by atoms with van der Waals surface area (Å²) in [6, 6.07) is 7.95. The van der Waals surface area contributed by atoms with E-state index in [1.807, 2.05) is 12.1 Å². The number of hydrogen-bond acceptors (Lipinski definition) is 3. The van der Waals surface area contributed by atoms with Crippen LogP contribution in [0.15, 0.2) is 24.3 Å². The Labute approximate surface area is 124 Å². The fourth-order valence-electron chi connectivity index (χ4n) is 3.87. The molecule has 1 aromatic rings. The smallest absolute Gasteiger partial charge is 0.214 e. The first kappa shape index (κ1) is 13.9. The van der Waals surface area contributed by atoms with E-state index in [0.717, 1.165) is 30.9 Å². The Balaban J connectivity index is 1.86. The molecule has 1 aromatic carbocycles. The molecule has 4 heteroatoms. The molecular formula is C16H20ClNO2. The molecule has 2 fully saturated rings. The Morgan fingerprint density at radius 2 is 2.15 bits per heavy atom. The minimum absolute atomic E-state index is 0.0528. The molecule has 20 heavy (non-hydrogen) atoms. The summed E-state index contributed by atoms with van der Waals surface area (Å²) in [5.74, 6) is 0.581. The van der Waals surface area contributed by atoms with Crippen molar-refractivity contribution in [2.75, 3.05) is 13.7 Å². The summed E-state index contributed by atoms with van der Waals surface area (Å²) in [6.45, 7) is 2.95. The monoisotopic (exact) mass is 293 g/mol. The van der Waals surface area contributed by atoms with Crippen LogP contribution in [-0.4, -0.2) is 25.2 Å². The second kappa shape index (κ2) is 4.74. The molecule has 0 spiro atoms. The molecule has 1 N–H and O–H groups in total. The Bertz CT molecular complexity index is 530. The number of rotatable bonds is 3. The average Bonchev–Trinajstić information content (AvgIpc) is 2.62. The Hall–Kier alpha value is -1.06. The number of fused-ring (bicyclic) bond motifs is 1. The third-order valence-electron chi connectivity index (χ3n) is 5.07. The van der Waals surface area contributed by atoms with E-state index in [9.17, 15) is 0 Å². The van der Waals surface area contributed by atoms with Gasteiger partial charge in [0, 0.05) is 16.4 Å². The molecule has 0 radical (unpaired) electrons. The highest BCUT2D eigenvalue weighted by Gasteiger charge is 2.68. The molecule has 1 aliphatic carbocycles. The van der Waals surface area contributed by atoms with Crippen molar-refractivity contribution in [3.05, 3.63) is 34.9 Å². The number of benzene rings is 1. The summed E-state index contributed by atoms with van der Waals surface area (Å²) < 4.78 is 11.2. The molecule has 1 saturated carbocycles. The van der Waals surface area contributed by atoms with Gasteiger partial charge in [0.25, 0.3) is 0 Å². The first-order valence-electron chi connectivity index (χ1n) is 7.03. The minimum Gasteiger partial charge on any atom is -0.482 e. The second-order valence-corrected chi connectivity index (χ2v) is 6.62. The van der Waals surface area contributed by atoms with E-state index in [2.05, 4.69) is 19.1 Å². The number of halogens is 1. The SMILES string of the molecule is COC(=N)[C@@]12OC[C@]1(C)CC[C@@H]2Cc1ccc(Cl)cc1. The molecule has 3 nitrogen and oxygen atoms in total. The van der Waals surface area contributed by atoms with Gasteiger partial charge in [0.1, 0.15) is 0 Å². The predicted octanol–water partition coefficient (Wildman–Crippen LogP) is 3.69. The van der Waals surface area contributed by atoms with Gasteiger partial charge in [-0.05, 0) is 37.0 Å².